The van der Waals surface area contributed by atoms with Crippen molar-refractivity contribution >= 4 is 35.1 Å². The van der Waals surface area contributed by atoms with E-state index in [2.05, 4.69) is 5.32 Å². The maximum atomic E-state index is 12.3. The number of esters is 1. The number of thioether (sulfide) groups is 1. The molecule has 2 aromatic carbocycles. The molecule has 0 spiro atoms. The van der Waals surface area contributed by atoms with Crippen molar-refractivity contribution in [2.45, 2.75) is 25.2 Å². The summed E-state index contributed by atoms with van der Waals surface area (Å²) in [4.78, 5) is 36.2. The Kier molecular flexibility index (Phi) is 7.41. The topological polar surface area (TPSA) is 72.5 Å². The smallest absolute Gasteiger partial charge is 0.313 e. The van der Waals surface area contributed by atoms with E-state index in [9.17, 15) is 14.4 Å². The van der Waals surface area contributed by atoms with Crippen molar-refractivity contribution in [2.24, 2.45) is 0 Å². The van der Waals surface area contributed by atoms with Gasteiger partial charge in [-0.1, -0.05) is 23.8 Å². The van der Waals surface area contributed by atoms with Gasteiger partial charge in [0.25, 0.3) is 5.91 Å². The fourth-order valence-corrected chi connectivity index (χ4v) is 2.97. The quantitative estimate of drug-likeness (QED) is 0.433. The Hall–Kier alpha value is -2.60. The van der Waals surface area contributed by atoms with Gasteiger partial charge in [-0.3, -0.25) is 14.4 Å². The van der Waals surface area contributed by atoms with Gasteiger partial charge in [-0.15, -0.1) is 11.8 Å². The molecule has 0 saturated heterocycles. The normalized spacial score (nSPS) is 10.2. The highest BCUT2D eigenvalue weighted by Crippen LogP contribution is 2.22. The predicted octanol–water partition coefficient (Wildman–Crippen LogP) is 3.86. The molecule has 0 atom stereocenters. The molecule has 2 rings (SSSR count). The molecule has 136 valence electrons. The lowest BCUT2D eigenvalue weighted by atomic mass is 10.1. The zero-order valence-electron chi connectivity index (χ0n) is 14.8. The second-order valence-corrected chi connectivity index (χ2v) is 6.71. The molecule has 1 amide bonds. The van der Waals surface area contributed by atoms with Gasteiger partial charge in [0, 0.05) is 16.1 Å². The number of hydrogen-bond acceptors (Lipinski definition) is 5. The fraction of sp³-hybridized carbons (Fsp3) is 0.250. The van der Waals surface area contributed by atoms with Crippen LogP contribution in [0, 0.1) is 6.92 Å². The third-order valence-electron chi connectivity index (χ3n) is 3.45. The number of amides is 1. The Morgan fingerprint density at radius 1 is 1.08 bits per heavy atom. The number of aryl methyl sites for hydroxylation is 1. The predicted molar refractivity (Wildman–Crippen MR) is 103 cm³/mol. The minimum absolute atomic E-state index is 0.175. The molecule has 0 aliphatic carbocycles. The van der Waals surface area contributed by atoms with Gasteiger partial charge in [0.15, 0.2) is 5.78 Å². The monoisotopic (exact) mass is 371 g/mol. The van der Waals surface area contributed by atoms with Gasteiger partial charge in [-0.2, -0.15) is 0 Å². The molecule has 0 saturated carbocycles. The zero-order chi connectivity index (χ0) is 18.9. The van der Waals surface area contributed by atoms with E-state index in [-0.39, 0.29) is 30.5 Å². The molecule has 0 unspecified atom stereocenters. The van der Waals surface area contributed by atoms with Gasteiger partial charge < -0.3 is 10.1 Å². The van der Waals surface area contributed by atoms with Gasteiger partial charge >= 0.3 is 5.97 Å². The van der Waals surface area contributed by atoms with Gasteiger partial charge in [-0.05, 0) is 44.2 Å². The van der Waals surface area contributed by atoms with Crippen molar-refractivity contribution in [3.05, 3.63) is 59.7 Å². The van der Waals surface area contributed by atoms with E-state index < -0.39 is 5.97 Å². The van der Waals surface area contributed by atoms with E-state index in [0.717, 1.165) is 10.5 Å². The molecule has 0 heterocycles. The number of carbonyl (C=O) groups excluding carboxylic acids is 3. The van der Waals surface area contributed by atoms with Gasteiger partial charge in [0.2, 0.25) is 0 Å². The highest BCUT2D eigenvalue weighted by Gasteiger charge is 2.11. The molecule has 6 heteroatoms. The van der Waals surface area contributed by atoms with Crippen LogP contribution in [-0.4, -0.2) is 30.0 Å². The van der Waals surface area contributed by atoms with Crippen LogP contribution >= 0.6 is 11.8 Å². The van der Waals surface area contributed by atoms with Crippen LogP contribution in [0.3, 0.4) is 0 Å². The van der Waals surface area contributed by atoms with Crippen LogP contribution in [0.4, 0.5) is 5.69 Å². The number of anilines is 1. The third-order valence-corrected chi connectivity index (χ3v) is 4.51. The zero-order valence-corrected chi connectivity index (χ0v) is 15.6. The summed E-state index contributed by atoms with van der Waals surface area (Å²) in [5.41, 5.74) is 2.32. The summed E-state index contributed by atoms with van der Waals surface area (Å²) in [5, 5.41) is 2.84. The number of nitrogens with one attached hydrogen (secondary N) is 1. The van der Waals surface area contributed by atoms with E-state index in [1.54, 1.807) is 31.2 Å². The number of Topliss-reactive ketones (excluding diaryl/α,β-unsaturated/α-hetero) is 1. The van der Waals surface area contributed by atoms with E-state index in [1.165, 1.54) is 11.8 Å². The third kappa shape index (κ3) is 6.37. The lowest BCUT2D eigenvalue weighted by molar-refractivity contribution is -0.145. The summed E-state index contributed by atoms with van der Waals surface area (Å²) in [5.74, 6) is -0.709. The Balaban J connectivity index is 1.91. The average molecular weight is 371 g/mol. The number of hydrogen-bond donors (Lipinski definition) is 1. The molecule has 0 radical (unpaired) electrons. The van der Waals surface area contributed by atoms with Gasteiger partial charge in [0.05, 0.1) is 12.4 Å². The van der Waals surface area contributed by atoms with Crippen LogP contribution in [0.25, 0.3) is 0 Å². The van der Waals surface area contributed by atoms with E-state index in [0.29, 0.717) is 11.3 Å². The summed E-state index contributed by atoms with van der Waals surface area (Å²) in [6.07, 6.45) is -0.218. The number of carbonyl (C=O) groups is 3. The Labute approximate surface area is 157 Å². The second kappa shape index (κ2) is 9.77. The largest absolute Gasteiger partial charge is 0.466 e. The molecule has 2 aromatic rings. The number of ether oxygens (including phenoxy) is 1. The first-order valence-corrected chi connectivity index (χ1v) is 9.24. The average Bonchev–Trinajstić information content (AvgIpc) is 2.61. The van der Waals surface area contributed by atoms with Crippen molar-refractivity contribution in [3.8, 4) is 0 Å². The first-order chi connectivity index (χ1) is 12.5. The molecule has 0 fully saturated rings. The summed E-state index contributed by atoms with van der Waals surface area (Å²) >= 11 is 1.32. The van der Waals surface area contributed by atoms with E-state index >= 15 is 0 Å². The van der Waals surface area contributed by atoms with Crippen LogP contribution in [0.15, 0.2) is 53.4 Å². The molecule has 0 aliphatic heterocycles. The SMILES string of the molecule is CCOC(=O)CC(=O)CSc1cccc(NC(=O)c2ccc(C)cc2)c1. The van der Waals surface area contributed by atoms with Crippen molar-refractivity contribution < 1.29 is 19.1 Å². The number of rotatable bonds is 8. The van der Waals surface area contributed by atoms with Crippen LogP contribution < -0.4 is 5.32 Å². The van der Waals surface area contributed by atoms with Gasteiger partial charge in [-0.25, -0.2) is 0 Å². The summed E-state index contributed by atoms with van der Waals surface area (Å²) in [6, 6.07) is 14.6. The summed E-state index contributed by atoms with van der Waals surface area (Å²) in [6.45, 7) is 3.93. The molecule has 0 bridgehead atoms. The minimum Gasteiger partial charge on any atom is -0.466 e. The first-order valence-electron chi connectivity index (χ1n) is 8.26. The van der Waals surface area contributed by atoms with Crippen molar-refractivity contribution in [1.29, 1.82) is 0 Å². The van der Waals surface area contributed by atoms with Crippen molar-refractivity contribution in [3.63, 3.8) is 0 Å². The van der Waals surface area contributed by atoms with Crippen LogP contribution in [-0.2, 0) is 14.3 Å². The maximum absolute atomic E-state index is 12.3. The summed E-state index contributed by atoms with van der Waals surface area (Å²) < 4.78 is 4.76. The molecular weight excluding hydrogens is 350 g/mol. The van der Waals surface area contributed by atoms with Crippen LogP contribution in [0.5, 0.6) is 0 Å². The Morgan fingerprint density at radius 2 is 1.81 bits per heavy atom. The lowest BCUT2D eigenvalue weighted by Crippen LogP contribution is -2.13. The fourth-order valence-electron chi connectivity index (χ4n) is 2.16. The Morgan fingerprint density at radius 3 is 2.50 bits per heavy atom. The maximum Gasteiger partial charge on any atom is 0.313 e. The van der Waals surface area contributed by atoms with Crippen molar-refractivity contribution in [2.75, 3.05) is 17.7 Å². The molecular formula is C20H21NO4S. The molecule has 5 nitrogen and oxygen atoms in total. The second-order valence-electron chi connectivity index (χ2n) is 5.66. The highest BCUT2D eigenvalue weighted by molar-refractivity contribution is 8.00. The van der Waals surface area contributed by atoms with Crippen LogP contribution in [0.1, 0.15) is 29.3 Å². The lowest BCUT2D eigenvalue weighted by Gasteiger charge is -2.08. The molecule has 0 aromatic heterocycles. The first kappa shape index (κ1) is 19.7. The standard InChI is InChI=1S/C20H21NO4S/c1-3-25-19(23)12-17(22)13-26-18-6-4-5-16(11-18)21-20(24)15-9-7-14(2)8-10-15/h4-11H,3,12-13H2,1-2H3,(H,21,24). The number of benzene rings is 2. The summed E-state index contributed by atoms with van der Waals surface area (Å²) in [7, 11) is 0. The highest BCUT2D eigenvalue weighted by atomic mass is 32.2. The number of ketones is 1. The van der Waals surface area contributed by atoms with Gasteiger partial charge in [0.1, 0.15) is 6.42 Å². The minimum atomic E-state index is -0.503. The van der Waals surface area contributed by atoms with E-state index in [1.807, 2.05) is 31.2 Å². The van der Waals surface area contributed by atoms with Crippen LogP contribution in [0.2, 0.25) is 0 Å². The molecule has 26 heavy (non-hydrogen) atoms. The Bertz CT molecular complexity index is 787. The molecule has 0 aliphatic rings. The van der Waals surface area contributed by atoms with Crippen molar-refractivity contribution in [1.82, 2.24) is 0 Å². The molecule has 1 N–H and O–H groups in total. The van der Waals surface area contributed by atoms with E-state index in [4.69, 9.17) is 4.74 Å².